The molecule has 2 aromatic rings. The Morgan fingerprint density at radius 1 is 1.32 bits per heavy atom. The summed E-state index contributed by atoms with van der Waals surface area (Å²) in [6.07, 6.45) is 7.02. The predicted octanol–water partition coefficient (Wildman–Crippen LogP) is 2.03. The van der Waals surface area contributed by atoms with Crippen molar-refractivity contribution in [3.63, 3.8) is 0 Å². The highest BCUT2D eigenvalue weighted by atomic mass is 16.4. The molecule has 1 fully saturated rings. The molecule has 0 amide bonds. The van der Waals surface area contributed by atoms with Crippen LogP contribution >= 0.6 is 0 Å². The fourth-order valence-corrected chi connectivity index (χ4v) is 2.47. The Morgan fingerprint density at radius 3 is 2.84 bits per heavy atom. The van der Waals surface area contributed by atoms with Crippen molar-refractivity contribution in [2.75, 3.05) is 18.0 Å². The zero-order valence-electron chi connectivity index (χ0n) is 10.5. The van der Waals surface area contributed by atoms with Crippen LogP contribution in [0.1, 0.15) is 18.5 Å². The average Bonchev–Trinajstić information content (AvgIpc) is 3.03. The number of hydrogen-bond acceptors (Lipinski definition) is 3. The zero-order valence-corrected chi connectivity index (χ0v) is 10.5. The fraction of sp³-hybridized carbons (Fsp3) is 0.286. The number of carbonyl (C=O) groups is 1. The Hall–Kier alpha value is -2.30. The highest BCUT2D eigenvalue weighted by Gasteiger charge is 2.19. The van der Waals surface area contributed by atoms with Gasteiger partial charge in [-0.25, -0.2) is 9.78 Å². The van der Waals surface area contributed by atoms with E-state index >= 15 is 0 Å². The van der Waals surface area contributed by atoms with Gasteiger partial charge in [-0.15, -0.1) is 0 Å². The molecule has 5 nitrogen and oxygen atoms in total. The highest BCUT2D eigenvalue weighted by molar-refractivity contribution is 5.86. The van der Waals surface area contributed by atoms with Crippen molar-refractivity contribution in [3.8, 4) is 0 Å². The normalized spacial score (nSPS) is 15.7. The molecule has 0 saturated carbocycles. The van der Waals surface area contributed by atoms with E-state index in [1.165, 1.54) is 0 Å². The minimum atomic E-state index is -0.946. The van der Waals surface area contributed by atoms with Gasteiger partial charge >= 0.3 is 5.97 Å². The first-order chi connectivity index (χ1) is 9.25. The summed E-state index contributed by atoms with van der Waals surface area (Å²) in [6, 6.07) is 5.78. The maximum atomic E-state index is 10.7. The average molecular weight is 257 g/mol. The smallest absolute Gasteiger partial charge is 0.328 e. The first-order valence-corrected chi connectivity index (χ1v) is 6.39. The first kappa shape index (κ1) is 11.8. The van der Waals surface area contributed by atoms with E-state index in [1.54, 1.807) is 6.08 Å². The molecule has 98 valence electrons. The van der Waals surface area contributed by atoms with Gasteiger partial charge in [0.1, 0.15) is 5.65 Å². The van der Waals surface area contributed by atoms with Gasteiger partial charge in [0.05, 0.1) is 5.69 Å². The van der Waals surface area contributed by atoms with E-state index in [9.17, 15) is 4.79 Å². The van der Waals surface area contributed by atoms with Gasteiger partial charge in [0.25, 0.3) is 0 Å². The Morgan fingerprint density at radius 2 is 2.11 bits per heavy atom. The van der Waals surface area contributed by atoms with E-state index in [2.05, 4.69) is 9.88 Å². The van der Waals surface area contributed by atoms with Gasteiger partial charge in [-0.05, 0) is 31.1 Å². The molecule has 19 heavy (non-hydrogen) atoms. The Labute approximate surface area is 110 Å². The van der Waals surface area contributed by atoms with Gasteiger partial charge in [0, 0.05) is 25.4 Å². The third-order valence-electron chi connectivity index (χ3n) is 3.34. The zero-order chi connectivity index (χ0) is 13.2. The molecule has 5 heteroatoms. The van der Waals surface area contributed by atoms with Crippen LogP contribution in [-0.2, 0) is 4.79 Å². The van der Waals surface area contributed by atoms with E-state index in [0.717, 1.165) is 49.2 Å². The van der Waals surface area contributed by atoms with E-state index in [1.807, 2.05) is 28.8 Å². The van der Waals surface area contributed by atoms with Gasteiger partial charge in [-0.2, -0.15) is 0 Å². The number of carboxylic acids is 1. The second kappa shape index (κ2) is 4.76. The summed E-state index contributed by atoms with van der Waals surface area (Å²) >= 11 is 0. The SMILES string of the molecule is O=C(O)/C=C/c1c(N2CCCC2)nc2ccccn12. The molecule has 1 aliphatic heterocycles. The van der Waals surface area contributed by atoms with Crippen molar-refractivity contribution in [1.29, 1.82) is 0 Å². The minimum absolute atomic E-state index is 0.833. The summed E-state index contributed by atoms with van der Waals surface area (Å²) in [5.74, 6) is -0.0700. The van der Waals surface area contributed by atoms with Crippen LogP contribution in [0.15, 0.2) is 30.5 Å². The van der Waals surface area contributed by atoms with Crippen molar-refractivity contribution in [2.45, 2.75) is 12.8 Å². The molecule has 0 aliphatic carbocycles. The lowest BCUT2D eigenvalue weighted by atomic mass is 10.3. The quantitative estimate of drug-likeness (QED) is 0.855. The van der Waals surface area contributed by atoms with Crippen LogP contribution in [0, 0.1) is 0 Å². The summed E-state index contributed by atoms with van der Waals surface area (Å²) in [5, 5.41) is 8.81. The first-order valence-electron chi connectivity index (χ1n) is 6.39. The maximum Gasteiger partial charge on any atom is 0.328 e. The molecule has 0 aromatic carbocycles. The number of fused-ring (bicyclic) bond motifs is 1. The number of carboxylic acid groups (broad SMARTS) is 1. The summed E-state index contributed by atoms with van der Waals surface area (Å²) in [6.45, 7) is 1.97. The van der Waals surface area contributed by atoms with Crippen molar-refractivity contribution in [2.24, 2.45) is 0 Å². The highest BCUT2D eigenvalue weighted by Crippen LogP contribution is 2.26. The van der Waals surface area contributed by atoms with Gasteiger partial charge in [-0.1, -0.05) is 6.07 Å². The second-order valence-corrected chi connectivity index (χ2v) is 4.62. The Bertz CT molecular complexity index is 639. The summed E-state index contributed by atoms with van der Waals surface area (Å²) in [7, 11) is 0. The Balaban J connectivity index is 2.13. The molecule has 0 bridgehead atoms. The van der Waals surface area contributed by atoms with Gasteiger partial charge in [-0.3, -0.25) is 4.40 Å². The maximum absolute atomic E-state index is 10.7. The number of hydrogen-bond donors (Lipinski definition) is 1. The number of rotatable bonds is 3. The lowest BCUT2D eigenvalue weighted by Crippen LogP contribution is -2.19. The lowest BCUT2D eigenvalue weighted by molar-refractivity contribution is -0.131. The number of aliphatic carboxylic acids is 1. The number of imidazole rings is 1. The molecular formula is C14H15N3O2. The standard InChI is InChI=1S/C14H15N3O2/c18-13(19)7-6-11-14(16-8-3-4-9-16)15-12-5-1-2-10-17(11)12/h1-2,5-7,10H,3-4,8-9H2,(H,18,19)/b7-6+. The Kier molecular flexibility index (Phi) is 2.95. The fourth-order valence-electron chi connectivity index (χ4n) is 2.47. The van der Waals surface area contributed by atoms with E-state index in [4.69, 9.17) is 5.11 Å². The molecule has 0 spiro atoms. The van der Waals surface area contributed by atoms with Crippen molar-refractivity contribution in [3.05, 3.63) is 36.2 Å². The van der Waals surface area contributed by atoms with E-state index < -0.39 is 5.97 Å². The topological polar surface area (TPSA) is 57.8 Å². The van der Waals surface area contributed by atoms with E-state index in [-0.39, 0.29) is 0 Å². The van der Waals surface area contributed by atoms with Crippen LogP contribution in [0.3, 0.4) is 0 Å². The molecule has 0 atom stereocenters. The number of nitrogens with zero attached hydrogens (tertiary/aromatic N) is 3. The molecule has 0 unspecified atom stereocenters. The van der Waals surface area contributed by atoms with Crippen LogP contribution in [0.5, 0.6) is 0 Å². The van der Waals surface area contributed by atoms with Gasteiger partial charge in [0.15, 0.2) is 5.82 Å². The molecule has 0 radical (unpaired) electrons. The molecule has 2 aromatic heterocycles. The molecule has 3 rings (SSSR count). The van der Waals surface area contributed by atoms with Gasteiger partial charge in [0.2, 0.25) is 0 Å². The molecule has 1 saturated heterocycles. The van der Waals surface area contributed by atoms with Crippen LogP contribution in [0.2, 0.25) is 0 Å². The van der Waals surface area contributed by atoms with E-state index in [0.29, 0.717) is 0 Å². The largest absolute Gasteiger partial charge is 0.478 e. The molecule has 3 heterocycles. The number of aromatic nitrogens is 2. The number of pyridine rings is 1. The third kappa shape index (κ3) is 2.19. The van der Waals surface area contributed by atoms with Crippen molar-refractivity contribution in [1.82, 2.24) is 9.38 Å². The summed E-state index contributed by atoms with van der Waals surface area (Å²) in [5.41, 5.74) is 1.68. The molecule has 1 N–H and O–H groups in total. The van der Waals surface area contributed by atoms with Gasteiger partial charge < -0.3 is 10.0 Å². The molecule has 1 aliphatic rings. The van der Waals surface area contributed by atoms with Crippen LogP contribution in [0.4, 0.5) is 5.82 Å². The lowest BCUT2D eigenvalue weighted by Gasteiger charge is -2.15. The third-order valence-corrected chi connectivity index (χ3v) is 3.34. The summed E-state index contributed by atoms with van der Waals surface area (Å²) in [4.78, 5) is 17.6. The van der Waals surface area contributed by atoms with Crippen LogP contribution in [-0.4, -0.2) is 33.6 Å². The minimum Gasteiger partial charge on any atom is -0.478 e. The number of anilines is 1. The predicted molar refractivity (Wildman–Crippen MR) is 73.3 cm³/mol. The van der Waals surface area contributed by atoms with Crippen LogP contribution in [0.25, 0.3) is 11.7 Å². The van der Waals surface area contributed by atoms with Crippen molar-refractivity contribution >= 4 is 23.5 Å². The second-order valence-electron chi connectivity index (χ2n) is 4.62. The summed E-state index contributed by atoms with van der Waals surface area (Å²) < 4.78 is 1.92. The van der Waals surface area contributed by atoms with Crippen LogP contribution < -0.4 is 4.90 Å². The monoisotopic (exact) mass is 257 g/mol. The molecular weight excluding hydrogens is 242 g/mol. The van der Waals surface area contributed by atoms with Crippen molar-refractivity contribution < 1.29 is 9.90 Å².